The van der Waals surface area contributed by atoms with Gasteiger partial charge in [0.05, 0.1) is 0 Å². The maximum Gasteiger partial charge on any atom is 0.195 e. The largest absolute Gasteiger partial charge is 0.289 e. The molecule has 0 aliphatic rings. The molecule has 2 nitrogen and oxygen atoms in total. The van der Waals surface area contributed by atoms with E-state index in [2.05, 4.69) is 90.1 Å². The van der Waals surface area contributed by atoms with E-state index in [0.717, 1.165) is 55.3 Å². The first-order valence-electron chi connectivity index (χ1n) is 31.6. The van der Waals surface area contributed by atoms with Crippen LogP contribution in [0.15, 0.2) is 58.1 Å². The van der Waals surface area contributed by atoms with Gasteiger partial charge < -0.3 is 0 Å². The Kier molecular flexibility index (Phi) is 27.6. The Morgan fingerprint density at radius 3 is 0.865 bits per heavy atom. The third-order valence-electron chi connectivity index (χ3n) is 17.1. The predicted molar refractivity (Wildman–Crippen MR) is 333 cm³/mol. The predicted octanol–water partition coefficient (Wildman–Crippen LogP) is 23.3. The van der Waals surface area contributed by atoms with Crippen LogP contribution in [-0.2, 0) is 12.8 Å². The van der Waals surface area contributed by atoms with E-state index in [0.29, 0.717) is 11.8 Å². The van der Waals surface area contributed by atoms with Crippen molar-refractivity contribution in [2.45, 2.75) is 286 Å². The van der Waals surface area contributed by atoms with Gasteiger partial charge in [-0.05, 0) is 120 Å². The van der Waals surface area contributed by atoms with Gasteiger partial charge in [0, 0.05) is 41.4 Å². The van der Waals surface area contributed by atoms with Crippen molar-refractivity contribution in [1.29, 1.82) is 0 Å². The zero-order valence-corrected chi connectivity index (χ0v) is 49.9. The second-order valence-corrected chi connectivity index (χ2v) is 26.1. The number of hydrogen-bond acceptors (Lipinski definition) is 4. The number of rotatable bonds is 42. The van der Waals surface area contributed by atoms with Gasteiger partial charge in [-0.25, -0.2) is 0 Å². The van der Waals surface area contributed by atoms with Crippen molar-refractivity contribution < 1.29 is 0 Å². The molecule has 4 aromatic carbocycles. The Balaban J connectivity index is 1.38. The highest BCUT2D eigenvalue weighted by molar-refractivity contribution is 7.15. The molecule has 0 N–H and O–H groups in total. The second kappa shape index (κ2) is 33.9. The fourth-order valence-electron chi connectivity index (χ4n) is 12.7. The molecule has 0 aliphatic heterocycles. The van der Waals surface area contributed by atoms with E-state index in [1.807, 2.05) is 0 Å². The smallest absolute Gasteiger partial charge is 0.195 e. The van der Waals surface area contributed by atoms with Gasteiger partial charge in [0.25, 0.3) is 0 Å². The molecule has 0 spiro atoms. The van der Waals surface area contributed by atoms with Crippen LogP contribution in [0.1, 0.15) is 280 Å². The summed E-state index contributed by atoms with van der Waals surface area (Å²) in [7, 11) is 0. The van der Waals surface area contributed by atoms with Crippen LogP contribution >= 0.6 is 22.7 Å². The maximum atomic E-state index is 15.2. The van der Waals surface area contributed by atoms with Gasteiger partial charge in [-0.2, -0.15) is 0 Å². The summed E-state index contributed by atoms with van der Waals surface area (Å²) in [5, 5.41) is 6.51. The third kappa shape index (κ3) is 18.5. The van der Waals surface area contributed by atoms with Crippen LogP contribution in [0.5, 0.6) is 0 Å². The zero-order valence-electron chi connectivity index (χ0n) is 48.3. The minimum absolute atomic E-state index is 0.210. The molecule has 2 atom stereocenters. The summed E-state index contributed by atoms with van der Waals surface area (Å²) in [6.07, 6.45) is 49.6. The lowest BCUT2D eigenvalue weighted by Gasteiger charge is -2.20. The summed E-state index contributed by atoms with van der Waals surface area (Å²) < 4.78 is 0. The quantitative estimate of drug-likeness (QED) is 0.0358. The minimum Gasteiger partial charge on any atom is -0.289 e. The van der Waals surface area contributed by atoms with Crippen LogP contribution < -0.4 is 10.9 Å². The Morgan fingerprint density at radius 1 is 0.338 bits per heavy atom. The molecule has 2 unspecified atom stereocenters. The van der Waals surface area contributed by atoms with E-state index in [4.69, 9.17) is 0 Å². The average Bonchev–Trinajstić information content (AvgIpc) is 4.22. The van der Waals surface area contributed by atoms with Gasteiger partial charge in [-0.15, -0.1) is 22.7 Å². The molecule has 0 saturated carbocycles. The first-order chi connectivity index (χ1) is 36.3. The summed E-state index contributed by atoms with van der Waals surface area (Å²) in [4.78, 5) is 35.0. The van der Waals surface area contributed by atoms with Gasteiger partial charge >= 0.3 is 0 Å². The van der Waals surface area contributed by atoms with E-state index in [9.17, 15) is 0 Å². The van der Waals surface area contributed by atoms with Gasteiger partial charge in [-0.3, -0.25) is 9.59 Å². The van der Waals surface area contributed by atoms with Crippen molar-refractivity contribution in [3.05, 3.63) is 89.9 Å². The van der Waals surface area contributed by atoms with E-state index < -0.39 is 0 Å². The molecule has 2 aromatic heterocycles. The van der Waals surface area contributed by atoms with Crippen LogP contribution in [0, 0.1) is 25.7 Å². The second-order valence-electron chi connectivity index (χ2n) is 23.5. The Morgan fingerprint density at radius 2 is 0.608 bits per heavy atom. The number of hydrogen-bond donors (Lipinski definition) is 0. The van der Waals surface area contributed by atoms with Gasteiger partial charge in [-0.1, -0.05) is 259 Å². The lowest BCUT2D eigenvalue weighted by molar-refractivity contribution is 0.401. The van der Waals surface area contributed by atoms with Crippen molar-refractivity contribution >= 4 is 55.0 Å². The number of fused-ring (bicyclic) bond motifs is 5. The highest BCUT2D eigenvalue weighted by atomic mass is 32.1. The zero-order chi connectivity index (χ0) is 52.3. The standard InChI is InChI=1S/C70H104O2S2/c1-7-11-15-19-23-25-27-29-33-37-41-55(39-35-31-21-17-13-9-3)47-57-49-59-60(61-51-63(69(71)67(57)61)65-45-43-53(5)73-65)50-58(68-62(59)52-64(70(68)72)66-46-44-54(6)74-66)48-56(40-36-32-22-18-14-10-4)42-38-34-30-28-26-24-20-16-12-8-2/h43-46,49-52,55-56H,7-42,47-48H2,1-6H3. The van der Waals surface area contributed by atoms with Crippen molar-refractivity contribution in [1.82, 2.24) is 0 Å². The fourth-order valence-corrected chi connectivity index (χ4v) is 14.4. The molecule has 408 valence electrons. The van der Waals surface area contributed by atoms with Crippen molar-refractivity contribution in [3.8, 4) is 20.9 Å². The summed E-state index contributed by atoms with van der Waals surface area (Å²) in [6.45, 7) is 13.6. The topological polar surface area (TPSA) is 34.1 Å². The molecule has 6 rings (SSSR count). The van der Waals surface area contributed by atoms with Crippen LogP contribution in [0.2, 0.25) is 0 Å². The number of benzene rings is 2. The monoisotopic (exact) mass is 1040 g/mol. The average molecular weight is 1040 g/mol. The summed E-state index contributed by atoms with van der Waals surface area (Å²) in [6, 6.07) is 18.1. The molecular formula is C70H104O2S2. The van der Waals surface area contributed by atoms with Crippen molar-refractivity contribution in [2.75, 3.05) is 0 Å². The molecule has 0 amide bonds. The van der Waals surface area contributed by atoms with E-state index >= 15 is 9.59 Å². The Labute approximate surface area is 460 Å². The van der Waals surface area contributed by atoms with E-state index in [1.54, 1.807) is 22.7 Å². The van der Waals surface area contributed by atoms with Crippen LogP contribution in [0.4, 0.5) is 0 Å². The maximum absolute atomic E-state index is 15.2. The highest BCUT2D eigenvalue weighted by Gasteiger charge is 2.25. The molecular weight excluding hydrogens is 937 g/mol. The molecule has 6 aromatic rings. The number of unbranched alkanes of at least 4 members (excludes halogenated alkanes) is 28. The molecule has 74 heavy (non-hydrogen) atoms. The first-order valence-corrected chi connectivity index (χ1v) is 33.2. The molecule has 4 heteroatoms. The molecule has 0 saturated heterocycles. The molecule has 0 radical (unpaired) electrons. The number of aryl methyl sites for hydroxylation is 2. The van der Waals surface area contributed by atoms with Crippen molar-refractivity contribution in [3.63, 3.8) is 0 Å². The van der Waals surface area contributed by atoms with Gasteiger partial charge in [0.2, 0.25) is 0 Å². The summed E-state index contributed by atoms with van der Waals surface area (Å²) >= 11 is 3.50. The minimum atomic E-state index is 0.210. The molecule has 2 heterocycles. The SMILES string of the molecule is CCCCCCCCCCCCC(CCCCCCCC)Cc1cc2c3cc(-c4ccc(C)s4)c(=O)c3c(CC(CCCCCCCC)CCCCCCCCCCCC)cc2c2cc(-c3ccc(C)s3)c(=O)c12. The highest BCUT2D eigenvalue weighted by Crippen LogP contribution is 2.42. The Hall–Kier alpha value is -3.08. The normalized spacial score (nSPS) is 12.9. The lowest BCUT2D eigenvalue weighted by atomic mass is 9.84. The van der Waals surface area contributed by atoms with E-state index in [1.165, 1.54) is 263 Å². The first kappa shape index (κ1) is 60.2. The Bertz CT molecular complexity index is 2400. The number of thiophene rings is 2. The van der Waals surface area contributed by atoms with Crippen LogP contribution in [-0.4, -0.2) is 0 Å². The lowest BCUT2D eigenvalue weighted by Crippen LogP contribution is -2.10. The van der Waals surface area contributed by atoms with Crippen molar-refractivity contribution in [2.24, 2.45) is 11.8 Å². The summed E-state index contributed by atoms with van der Waals surface area (Å²) in [5.74, 6) is 1.08. The van der Waals surface area contributed by atoms with Gasteiger partial charge in [0.15, 0.2) is 10.9 Å². The summed E-state index contributed by atoms with van der Waals surface area (Å²) in [5.41, 5.74) is 4.58. The third-order valence-corrected chi connectivity index (χ3v) is 19.2. The van der Waals surface area contributed by atoms with Crippen LogP contribution in [0.3, 0.4) is 0 Å². The fraction of sp³-hybridized carbons (Fsp3) is 0.657. The molecule has 0 aliphatic carbocycles. The van der Waals surface area contributed by atoms with Crippen LogP contribution in [0.25, 0.3) is 53.2 Å². The van der Waals surface area contributed by atoms with Gasteiger partial charge in [0.1, 0.15) is 0 Å². The molecule has 0 fully saturated rings. The molecule has 0 bridgehead atoms. The van der Waals surface area contributed by atoms with E-state index in [-0.39, 0.29) is 10.9 Å².